The van der Waals surface area contributed by atoms with E-state index in [2.05, 4.69) is 0 Å². The molecule has 0 aliphatic carbocycles. The zero-order chi connectivity index (χ0) is 9.72. The van der Waals surface area contributed by atoms with Crippen molar-refractivity contribution in [3.63, 3.8) is 0 Å². The third kappa shape index (κ3) is 3.02. The van der Waals surface area contributed by atoms with Gasteiger partial charge in [-0.1, -0.05) is 0 Å². The Bertz CT molecular complexity index is 109. The second-order valence-electron chi connectivity index (χ2n) is 2.58. The van der Waals surface area contributed by atoms with E-state index in [-0.39, 0.29) is 0 Å². The van der Waals surface area contributed by atoms with E-state index in [1.807, 2.05) is 0 Å². The monoisotopic (exact) mass is 181 g/mol. The standard InChI is InChI=1S/C6H15NO5/c7-3(1-8)5(11)6(12)4(10)2-9/h3-6,8-12H,1-2,7H2/t3-,4+,5+,6+/m1/s1. The van der Waals surface area contributed by atoms with E-state index in [1.165, 1.54) is 0 Å². The van der Waals surface area contributed by atoms with Crippen molar-refractivity contribution in [2.24, 2.45) is 5.73 Å². The van der Waals surface area contributed by atoms with Crippen LogP contribution in [0.2, 0.25) is 0 Å². The van der Waals surface area contributed by atoms with Crippen LogP contribution >= 0.6 is 0 Å². The Morgan fingerprint density at radius 2 is 1.42 bits per heavy atom. The van der Waals surface area contributed by atoms with Crippen molar-refractivity contribution in [3.8, 4) is 0 Å². The van der Waals surface area contributed by atoms with E-state index in [1.54, 1.807) is 0 Å². The fraction of sp³-hybridized carbons (Fsp3) is 1.00. The predicted molar refractivity (Wildman–Crippen MR) is 40.2 cm³/mol. The number of aliphatic hydroxyl groups excluding tert-OH is 5. The molecule has 7 N–H and O–H groups in total. The average molecular weight is 181 g/mol. The lowest BCUT2D eigenvalue weighted by Gasteiger charge is -2.24. The minimum absolute atomic E-state index is 0.504. The molecule has 6 heteroatoms. The lowest BCUT2D eigenvalue weighted by molar-refractivity contribution is -0.0873. The summed E-state index contributed by atoms with van der Waals surface area (Å²) in [5.41, 5.74) is 5.16. The van der Waals surface area contributed by atoms with Crippen molar-refractivity contribution >= 4 is 0 Å². The molecule has 12 heavy (non-hydrogen) atoms. The summed E-state index contributed by atoms with van der Waals surface area (Å²) in [6.07, 6.45) is -4.44. The highest BCUT2D eigenvalue weighted by Crippen LogP contribution is 2.02. The molecule has 0 saturated heterocycles. The molecule has 0 fully saturated rings. The largest absolute Gasteiger partial charge is 0.395 e. The van der Waals surface area contributed by atoms with Gasteiger partial charge in [0, 0.05) is 0 Å². The number of hydrogen-bond donors (Lipinski definition) is 6. The lowest BCUT2D eigenvalue weighted by atomic mass is 10.0. The Morgan fingerprint density at radius 3 is 1.75 bits per heavy atom. The highest BCUT2D eigenvalue weighted by molar-refractivity contribution is 4.82. The van der Waals surface area contributed by atoms with Crippen molar-refractivity contribution < 1.29 is 25.5 Å². The molecule has 0 amide bonds. The molecular weight excluding hydrogens is 166 g/mol. The van der Waals surface area contributed by atoms with Crippen molar-refractivity contribution in [1.29, 1.82) is 0 Å². The van der Waals surface area contributed by atoms with Crippen LogP contribution < -0.4 is 5.73 Å². The summed E-state index contributed by atoms with van der Waals surface area (Å²) in [7, 11) is 0. The third-order valence-electron chi connectivity index (χ3n) is 1.58. The summed E-state index contributed by atoms with van der Waals surface area (Å²) >= 11 is 0. The minimum atomic E-state index is -1.54. The molecule has 0 aliphatic heterocycles. The number of nitrogens with two attached hydrogens (primary N) is 1. The van der Waals surface area contributed by atoms with Crippen LogP contribution in [-0.2, 0) is 0 Å². The van der Waals surface area contributed by atoms with Crippen LogP contribution in [0.3, 0.4) is 0 Å². The van der Waals surface area contributed by atoms with Gasteiger partial charge < -0.3 is 31.3 Å². The first-order chi connectivity index (χ1) is 5.54. The molecule has 6 nitrogen and oxygen atoms in total. The Morgan fingerprint density at radius 1 is 0.917 bits per heavy atom. The molecule has 0 aliphatic rings. The Hall–Kier alpha value is -0.240. The Labute approximate surface area is 69.9 Å². The van der Waals surface area contributed by atoms with Crippen molar-refractivity contribution in [2.75, 3.05) is 13.2 Å². The van der Waals surface area contributed by atoms with Crippen molar-refractivity contribution in [1.82, 2.24) is 0 Å². The molecule has 0 rings (SSSR count). The van der Waals surface area contributed by atoms with Gasteiger partial charge in [0.25, 0.3) is 0 Å². The van der Waals surface area contributed by atoms with Crippen LogP contribution in [-0.4, -0.2) is 63.1 Å². The van der Waals surface area contributed by atoms with E-state index < -0.39 is 37.6 Å². The molecule has 0 heterocycles. The smallest absolute Gasteiger partial charge is 0.110 e. The minimum Gasteiger partial charge on any atom is -0.395 e. The predicted octanol–water partition coefficient (Wildman–Crippen LogP) is -3.62. The van der Waals surface area contributed by atoms with E-state index in [9.17, 15) is 0 Å². The first kappa shape index (κ1) is 11.8. The van der Waals surface area contributed by atoms with Gasteiger partial charge in [-0.25, -0.2) is 0 Å². The van der Waals surface area contributed by atoms with Gasteiger partial charge in [-0.15, -0.1) is 0 Å². The van der Waals surface area contributed by atoms with Gasteiger partial charge in [0.15, 0.2) is 0 Å². The van der Waals surface area contributed by atoms with Gasteiger partial charge in [-0.2, -0.15) is 0 Å². The average Bonchev–Trinajstić information content (AvgIpc) is 2.12. The van der Waals surface area contributed by atoms with Crippen LogP contribution in [0.4, 0.5) is 0 Å². The van der Waals surface area contributed by atoms with Gasteiger partial charge in [-0.05, 0) is 0 Å². The van der Waals surface area contributed by atoms with E-state index >= 15 is 0 Å². The third-order valence-corrected chi connectivity index (χ3v) is 1.58. The number of aliphatic hydroxyl groups is 5. The van der Waals surface area contributed by atoms with Gasteiger partial charge in [0.2, 0.25) is 0 Å². The molecule has 0 spiro atoms. The SMILES string of the molecule is N[C@H](CO)[C@H](O)[C@@H](O)[C@@H](O)CO. The van der Waals surface area contributed by atoms with Crippen LogP contribution in [0.15, 0.2) is 0 Å². The first-order valence-electron chi connectivity index (χ1n) is 3.56. The van der Waals surface area contributed by atoms with Gasteiger partial charge in [-0.3, -0.25) is 0 Å². The summed E-state index contributed by atoms with van der Waals surface area (Å²) in [5, 5.41) is 43.8. The number of hydrogen-bond acceptors (Lipinski definition) is 6. The van der Waals surface area contributed by atoms with Crippen molar-refractivity contribution in [2.45, 2.75) is 24.4 Å². The summed E-state index contributed by atoms with van der Waals surface area (Å²) in [6.45, 7) is -1.17. The zero-order valence-corrected chi connectivity index (χ0v) is 6.54. The Balaban J connectivity index is 3.99. The molecule has 0 aromatic rings. The molecule has 0 bridgehead atoms. The van der Waals surface area contributed by atoms with Crippen LogP contribution in [0.25, 0.3) is 0 Å². The van der Waals surface area contributed by atoms with Gasteiger partial charge >= 0.3 is 0 Å². The molecule has 0 radical (unpaired) electrons. The van der Waals surface area contributed by atoms with E-state index in [0.717, 1.165) is 0 Å². The number of rotatable bonds is 5. The molecule has 74 valence electrons. The normalized spacial score (nSPS) is 21.5. The quantitative estimate of drug-likeness (QED) is 0.260. The van der Waals surface area contributed by atoms with E-state index in [0.29, 0.717) is 0 Å². The van der Waals surface area contributed by atoms with Gasteiger partial charge in [0.1, 0.15) is 12.2 Å². The fourth-order valence-electron chi connectivity index (χ4n) is 0.697. The maximum atomic E-state index is 9.08. The fourth-order valence-corrected chi connectivity index (χ4v) is 0.697. The molecule has 0 unspecified atom stereocenters. The molecule has 0 aromatic carbocycles. The second-order valence-corrected chi connectivity index (χ2v) is 2.58. The summed E-state index contributed by atoms with van der Waals surface area (Å²) in [5.74, 6) is 0. The molecule has 0 aromatic heterocycles. The second kappa shape index (κ2) is 5.41. The topological polar surface area (TPSA) is 127 Å². The molecule has 4 atom stereocenters. The van der Waals surface area contributed by atoms with E-state index in [4.69, 9.17) is 31.3 Å². The van der Waals surface area contributed by atoms with Crippen LogP contribution in [0.5, 0.6) is 0 Å². The Kier molecular flexibility index (Phi) is 5.31. The van der Waals surface area contributed by atoms with Crippen LogP contribution in [0.1, 0.15) is 0 Å². The molecule has 0 saturated carbocycles. The first-order valence-corrected chi connectivity index (χ1v) is 3.56. The molecular formula is C6H15NO5. The maximum Gasteiger partial charge on any atom is 0.110 e. The highest BCUT2D eigenvalue weighted by atomic mass is 16.4. The lowest BCUT2D eigenvalue weighted by Crippen LogP contribution is -2.50. The summed E-state index contributed by atoms with van der Waals surface area (Å²) < 4.78 is 0. The summed E-state index contributed by atoms with van der Waals surface area (Å²) in [6, 6.07) is -1.03. The zero-order valence-electron chi connectivity index (χ0n) is 6.54. The highest BCUT2D eigenvalue weighted by Gasteiger charge is 2.28. The van der Waals surface area contributed by atoms with Gasteiger partial charge in [0.05, 0.1) is 25.4 Å². The van der Waals surface area contributed by atoms with Crippen LogP contribution in [0, 0.1) is 0 Å². The van der Waals surface area contributed by atoms with Crippen molar-refractivity contribution in [3.05, 3.63) is 0 Å². The maximum absolute atomic E-state index is 9.08. The summed E-state index contributed by atoms with van der Waals surface area (Å²) in [4.78, 5) is 0.